The first-order valence-corrected chi connectivity index (χ1v) is 23.0. The highest BCUT2D eigenvalue weighted by atomic mass is 19.1. The van der Waals surface area contributed by atoms with Crippen LogP contribution in [0.1, 0.15) is 33.4 Å². The maximum absolute atomic E-state index is 14.7. The van der Waals surface area contributed by atoms with Crippen LogP contribution in [-0.2, 0) is 25.7 Å². The predicted molar refractivity (Wildman–Crippen MR) is 275 cm³/mol. The van der Waals surface area contributed by atoms with E-state index in [1.165, 1.54) is 39.9 Å². The normalized spacial score (nSPS) is 11.0. The fraction of sp³-hybridized carbons (Fsp3) is 0.0794. The van der Waals surface area contributed by atoms with Crippen LogP contribution in [0.5, 0.6) is 0 Å². The molecule has 7 aromatic carbocycles. The summed E-state index contributed by atoms with van der Waals surface area (Å²) in [6.07, 6.45) is 9.18. The minimum atomic E-state index is -0.524. The molecule has 5 heteroatoms. The summed E-state index contributed by atoms with van der Waals surface area (Å²) in [6, 6.07) is 71.2. The number of hydrogen-bond donors (Lipinski definition) is 0. The number of aromatic nitrogens is 3. The van der Waals surface area contributed by atoms with E-state index >= 15 is 0 Å². The third kappa shape index (κ3) is 9.82. The van der Waals surface area contributed by atoms with Crippen molar-refractivity contribution in [2.24, 2.45) is 0 Å². The minimum Gasteiger partial charge on any atom is -0.256 e. The first kappa shape index (κ1) is 43.3. The van der Waals surface area contributed by atoms with Crippen molar-refractivity contribution in [2.45, 2.75) is 32.6 Å². The fourth-order valence-electron chi connectivity index (χ4n) is 8.95. The Balaban J connectivity index is 1.02. The molecule has 0 fully saturated rings. The molecule has 326 valence electrons. The summed E-state index contributed by atoms with van der Waals surface area (Å²) in [7, 11) is 0. The van der Waals surface area contributed by atoms with Gasteiger partial charge in [0.05, 0.1) is 22.6 Å². The molecule has 10 rings (SSSR count). The third-order valence-corrected chi connectivity index (χ3v) is 12.7. The SMILES string of the molecule is Cc1ccc(-c2ccc(-c3ccccc3-c3cc(CCc4ccc(-c5ccccn5)cc4)cc(CCc4ccc(-c5ccccn5)cc4)c3)c(-c3ccc(-c4ccc(C#N)c(F)c4)cc3)c2)nc1. The average Bonchev–Trinajstić information content (AvgIpc) is 3.40. The van der Waals surface area contributed by atoms with Crippen molar-refractivity contribution in [3.8, 4) is 84.3 Å². The molecule has 0 unspecified atom stereocenters. The highest BCUT2D eigenvalue weighted by Gasteiger charge is 2.17. The van der Waals surface area contributed by atoms with Crippen LogP contribution in [0.15, 0.2) is 219 Å². The summed E-state index contributed by atoms with van der Waals surface area (Å²) < 4.78 is 14.7. The van der Waals surface area contributed by atoms with Gasteiger partial charge in [0.2, 0.25) is 0 Å². The smallest absolute Gasteiger partial charge is 0.141 e. The van der Waals surface area contributed by atoms with Crippen LogP contribution >= 0.6 is 0 Å². The molecule has 0 aliphatic rings. The number of pyridine rings is 3. The molecule has 0 aliphatic heterocycles. The minimum absolute atomic E-state index is 0.0337. The number of hydrogen-bond acceptors (Lipinski definition) is 4. The fourth-order valence-corrected chi connectivity index (χ4v) is 8.95. The van der Waals surface area contributed by atoms with Gasteiger partial charge in [-0.15, -0.1) is 0 Å². The Bertz CT molecular complexity index is 3270. The molecule has 0 N–H and O–H groups in total. The van der Waals surface area contributed by atoms with E-state index in [4.69, 9.17) is 4.98 Å². The highest BCUT2D eigenvalue weighted by Crippen LogP contribution is 2.41. The molecule has 0 spiro atoms. The van der Waals surface area contributed by atoms with Crippen molar-refractivity contribution in [3.63, 3.8) is 0 Å². The van der Waals surface area contributed by atoms with Gasteiger partial charge in [-0.2, -0.15) is 5.26 Å². The molecule has 10 aromatic rings. The van der Waals surface area contributed by atoms with Crippen LogP contribution < -0.4 is 0 Å². The number of rotatable bonds is 13. The lowest BCUT2D eigenvalue weighted by Crippen LogP contribution is -1.98. The van der Waals surface area contributed by atoms with Crippen molar-refractivity contribution >= 4 is 0 Å². The van der Waals surface area contributed by atoms with Crippen molar-refractivity contribution in [3.05, 3.63) is 258 Å². The summed E-state index contributed by atoms with van der Waals surface area (Å²) in [6.45, 7) is 2.05. The van der Waals surface area contributed by atoms with Crippen molar-refractivity contribution in [2.75, 3.05) is 0 Å². The zero-order chi connectivity index (χ0) is 46.2. The number of halogens is 1. The predicted octanol–water partition coefficient (Wildman–Crippen LogP) is 15.4. The van der Waals surface area contributed by atoms with E-state index in [1.807, 2.05) is 80.1 Å². The molecule has 0 atom stereocenters. The average molecular weight is 879 g/mol. The van der Waals surface area contributed by atoms with Crippen LogP contribution in [0.2, 0.25) is 0 Å². The number of aryl methyl sites for hydroxylation is 5. The van der Waals surface area contributed by atoms with Gasteiger partial charge in [-0.05, 0) is 153 Å². The highest BCUT2D eigenvalue weighted by molar-refractivity contribution is 5.94. The lowest BCUT2D eigenvalue weighted by molar-refractivity contribution is 0.624. The largest absolute Gasteiger partial charge is 0.256 e. The number of nitrogens with zero attached hydrogens (tertiary/aromatic N) is 4. The van der Waals surface area contributed by atoms with Crippen LogP contribution in [-0.4, -0.2) is 15.0 Å². The quantitative estimate of drug-likeness (QED) is 0.116. The lowest BCUT2D eigenvalue weighted by Gasteiger charge is -2.18. The Kier molecular flexibility index (Phi) is 12.7. The Morgan fingerprint density at radius 2 is 0.897 bits per heavy atom. The van der Waals surface area contributed by atoms with E-state index in [0.717, 1.165) is 104 Å². The van der Waals surface area contributed by atoms with Gasteiger partial charge in [-0.1, -0.05) is 152 Å². The molecule has 3 aromatic heterocycles. The Hall–Kier alpha value is -8.59. The first-order chi connectivity index (χ1) is 33.4. The molecule has 0 amide bonds. The molecule has 68 heavy (non-hydrogen) atoms. The van der Waals surface area contributed by atoms with Crippen molar-refractivity contribution in [1.82, 2.24) is 15.0 Å². The Morgan fingerprint density at radius 3 is 1.46 bits per heavy atom. The molecular weight excluding hydrogens is 832 g/mol. The van der Waals surface area contributed by atoms with Gasteiger partial charge in [0.15, 0.2) is 0 Å². The van der Waals surface area contributed by atoms with Crippen LogP contribution in [0.25, 0.3) is 78.3 Å². The number of benzene rings is 7. The summed E-state index contributed by atoms with van der Waals surface area (Å²) in [5.41, 5.74) is 20.6. The van der Waals surface area contributed by atoms with Gasteiger partial charge in [-0.3, -0.25) is 15.0 Å². The molecule has 0 radical (unpaired) electrons. The van der Waals surface area contributed by atoms with E-state index < -0.39 is 5.82 Å². The summed E-state index contributed by atoms with van der Waals surface area (Å²) in [5, 5.41) is 9.31. The monoisotopic (exact) mass is 878 g/mol. The zero-order valence-corrected chi connectivity index (χ0v) is 37.8. The molecular formula is C63H47FN4. The third-order valence-electron chi connectivity index (χ3n) is 12.7. The van der Waals surface area contributed by atoms with Gasteiger partial charge in [0.1, 0.15) is 11.9 Å². The van der Waals surface area contributed by atoms with Gasteiger partial charge in [-0.25, -0.2) is 4.39 Å². The lowest BCUT2D eigenvalue weighted by atomic mass is 9.86. The van der Waals surface area contributed by atoms with Crippen molar-refractivity contribution in [1.29, 1.82) is 5.26 Å². The van der Waals surface area contributed by atoms with Gasteiger partial charge in [0.25, 0.3) is 0 Å². The number of nitriles is 1. The summed E-state index contributed by atoms with van der Waals surface area (Å²) >= 11 is 0. The van der Waals surface area contributed by atoms with Crippen LogP contribution in [0, 0.1) is 24.1 Å². The first-order valence-electron chi connectivity index (χ1n) is 23.0. The zero-order valence-electron chi connectivity index (χ0n) is 37.8. The Labute approximate surface area is 397 Å². The Morgan fingerprint density at radius 1 is 0.382 bits per heavy atom. The van der Waals surface area contributed by atoms with E-state index in [2.05, 4.69) is 143 Å². The summed E-state index contributed by atoms with van der Waals surface area (Å²) in [4.78, 5) is 13.9. The maximum Gasteiger partial charge on any atom is 0.141 e. The van der Waals surface area contributed by atoms with E-state index in [0.29, 0.717) is 0 Å². The van der Waals surface area contributed by atoms with Gasteiger partial charge in [0, 0.05) is 35.3 Å². The molecule has 3 heterocycles. The molecule has 0 saturated carbocycles. The van der Waals surface area contributed by atoms with Gasteiger partial charge < -0.3 is 0 Å². The maximum atomic E-state index is 14.7. The van der Waals surface area contributed by atoms with Gasteiger partial charge >= 0.3 is 0 Å². The van der Waals surface area contributed by atoms with Crippen LogP contribution in [0.3, 0.4) is 0 Å². The standard InChI is InChI=1S/C63H47FN4/c1-43-12-33-63(68-42-43)53-31-32-58(59(39-53)49-27-25-48(26-28-49)52-29-30-54(41-65)60(64)40-52)57-9-3-2-8-56(57)55-37-46(15-13-44-17-21-50(22-18-44)61-10-4-6-34-66-61)36-47(38-55)16-14-45-19-23-51(24-20-45)62-11-5-7-35-67-62/h2-12,17-40,42H,13-16H2,1H3. The van der Waals surface area contributed by atoms with E-state index in [1.54, 1.807) is 6.07 Å². The molecule has 0 saturated heterocycles. The molecule has 4 nitrogen and oxygen atoms in total. The van der Waals surface area contributed by atoms with E-state index in [9.17, 15) is 9.65 Å². The topological polar surface area (TPSA) is 62.5 Å². The summed E-state index contributed by atoms with van der Waals surface area (Å²) in [5.74, 6) is -0.524. The van der Waals surface area contributed by atoms with Crippen LogP contribution in [0.4, 0.5) is 4.39 Å². The molecule has 0 aliphatic carbocycles. The van der Waals surface area contributed by atoms with Crippen molar-refractivity contribution < 1.29 is 4.39 Å². The van der Waals surface area contributed by atoms with E-state index in [-0.39, 0.29) is 5.56 Å². The second-order valence-corrected chi connectivity index (χ2v) is 17.3. The second-order valence-electron chi connectivity index (χ2n) is 17.3. The second kappa shape index (κ2) is 19.9. The molecule has 0 bridgehead atoms.